The molecule has 0 heterocycles. The lowest BCUT2D eigenvalue weighted by Gasteiger charge is -2.15. The SMILES string of the molecule is CCN(CC)CC.Cc1cc(-c2cc(C)c(N)cc2S(=O)(=O)O)c(S(=O)(=O)O)cc1N. The Morgan fingerprint density at radius 1 is 0.710 bits per heavy atom. The number of hydrogen-bond donors (Lipinski definition) is 4. The highest BCUT2D eigenvalue weighted by molar-refractivity contribution is 7.86. The minimum absolute atomic E-state index is 0.104. The van der Waals surface area contributed by atoms with Crippen molar-refractivity contribution >= 4 is 31.6 Å². The van der Waals surface area contributed by atoms with Crippen LogP contribution in [0.1, 0.15) is 31.9 Å². The summed E-state index contributed by atoms with van der Waals surface area (Å²) in [5.41, 5.74) is 12.3. The number of nitrogens with two attached hydrogens (primary N) is 2. The Bertz CT molecular complexity index is 1050. The first-order valence-electron chi connectivity index (χ1n) is 9.65. The Balaban J connectivity index is 0.000000592. The van der Waals surface area contributed by atoms with Crippen LogP contribution in [-0.2, 0) is 20.2 Å². The zero-order chi connectivity index (χ0) is 24.1. The van der Waals surface area contributed by atoms with Gasteiger partial charge in [0, 0.05) is 22.5 Å². The average molecular weight is 474 g/mol. The van der Waals surface area contributed by atoms with E-state index in [1.165, 1.54) is 31.8 Å². The Kier molecular flexibility index (Phi) is 9.03. The van der Waals surface area contributed by atoms with Crippen LogP contribution < -0.4 is 11.5 Å². The summed E-state index contributed by atoms with van der Waals surface area (Å²) in [4.78, 5) is 1.24. The molecule has 0 atom stereocenters. The van der Waals surface area contributed by atoms with E-state index in [4.69, 9.17) is 11.5 Å². The molecule has 0 saturated carbocycles. The molecule has 0 aliphatic rings. The highest BCUT2D eigenvalue weighted by Crippen LogP contribution is 2.37. The van der Waals surface area contributed by atoms with Gasteiger partial charge in [0.15, 0.2) is 0 Å². The van der Waals surface area contributed by atoms with E-state index in [1.54, 1.807) is 13.8 Å². The smallest absolute Gasteiger partial charge is 0.295 e. The van der Waals surface area contributed by atoms with Gasteiger partial charge in [0.05, 0.1) is 0 Å². The molecular weight excluding hydrogens is 442 g/mol. The summed E-state index contributed by atoms with van der Waals surface area (Å²) >= 11 is 0. The molecule has 6 N–H and O–H groups in total. The number of aryl methyl sites for hydroxylation is 2. The van der Waals surface area contributed by atoms with Crippen molar-refractivity contribution < 1.29 is 25.9 Å². The molecule has 31 heavy (non-hydrogen) atoms. The molecule has 2 aromatic carbocycles. The van der Waals surface area contributed by atoms with Gasteiger partial charge in [-0.15, -0.1) is 0 Å². The molecular formula is C20H31N3O6S2. The Labute approximate surface area is 184 Å². The normalized spacial score (nSPS) is 11.9. The van der Waals surface area contributed by atoms with E-state index in [9.17, 15) is 25.9 Å². The Morgan fingerprint density at radius 3 is 1.19 bits per heavy atom. The zero-order valence-electron chi connectivity index (χ0n) is 18.4. The van der Waals surface area contributed by atoms with Crippen molar-refractivity contribution in [3.05, 3.63) is 35.4 Å². The summed E-state index contributed by atoms with van der Waals surface area (Å²) in [7, 11) is -9.39. The van der Waals surface area contributed by atoms with E-state index in [1.807, 2.05) is 0 Å². The summed E-state index contributed by atoms with van der Waals surface area (Å²) in [5.74, 6) is 0. The predicted octanol–water partition coefficient (Wildman–Crippen LogP) is 2.98. The highest BCUT2D eigenvalue weighted by atomic mass is 32.2. The molecule has 11 heteroatoms. The lowest BCUT2D eigenvalue weighted by atomic mass is 10.00. The topological polar surface area (TPSA) is 164 Å². The second-order valence-corrected chi connectivity index (χ2v) is 9.76. The van der Waals surface area contributed by atoms with E-state index >= 15 is 0 Å². The van der Waals surface area contributed by atoms with Crippen LogP contribution in [0, 0.1) is 13.8 Å². The summed E-state index contributed by atoms with van der Waals surface area (Å²) < 4.78 is 65.6. The maximum Gasteiger partial charge on any atom is 0.295 e. The van der Waals surface area contributed by atoms with E-state index in [0.717, 1.165) is 12.1 Å². The monoisotopic (exact) mass is 473 g/mol. The molecule has 2 aromatic rings. The molecule has 0 fully saturated rings. The van der Waals surface area contributed by atoms with E-state index in [0.29, 0.717) is 11.1 Å². The molecule has 0 aliphatic heterocycles. The van der Waals surface area contributed by atoms with Gasteiger partial charge in [-0.3, -0.25) is 9.11 Å². The lowest BCUT2D eigenvalue weighted by Crippen LogP contribution is -2.21. The third kappa shape index (κ3) is 6.91. The van der Waals surface area contributed by atoms with Gasteiger partial charge in [0.2, 0.25) is 0 Å². The zero-order valence-corrected chi connectivity index (χ0v) is 20.0. The molecule has 0 spiro atoms. The fraction of sp³-hybridized carbons (Fsp3) is 0.400. The molecule has 9 nitrogen and oxygen atoms in total. The number of nitrogen functional groups attached to an aromatic ring is 2. The van der Waals surface area contributed by atoms with Crippen LogP contribution in [0.3, 0.4) is 0 Å². The van der Waals surface area contributed by atoms with Crippen LogP contribution in [0.2, 0.25) is 0 Å². The van der Waals surface area contributed by atoms with Gasteiger partial charge in [-0.25, -0.2) is 0 Å². The van der Waals surface area contributed by atoms with Crippen molar-refractivity contribution in [3.63, 3.8) is 0 Å². The fourth-order valence-electron chi connectivity index (χ4n) is 2.93. The van der Waals surface area contributed by atoms with Crippen LogP contribution in [0.25, 0.3) is 11.1 Å². The summed E-state index contributed by atoms with van der Waals surface area (Å²) in [6, 6.07) is 4.69. The van der Waals surface area contributed by atoms with Crippen molar-refractivity contribution in [1.29, 1.82) is 0 Å². The van der Waals surface area contributed by atoms with E-state index < -0.39 is 30.0 Å². The summed E-state index contributed by atoms with van der Waals surface area (Å²) in [5, 5.41) is 0. The minimum Gasteiger partial charge on any atom is -0.398 e. The first kappa shape index (κ1) is 26.9. The number of hydrogen-bond acceptors (Lipinski definition) is 7. The molecule has 2 rings (SSSR count). The Hall–Kier alpha value is -2.18. The maximum atomic E-state index is 11.7. The standard InChI is InChI=1S/C14H16N2O6S2.C6H15N/c1-7-3-9(13(5-11(7)15)23(17,18)19)10-4-8(2)12(16)6-14(10)24(20,21)22;1-4-7(5-2)6-3/h3-6H,15-16H2,1-2H3,(H,17,18,19)(H,20,21,22);4-6H2,1-3H3. The molecule has 0 saturated heterocycles. The first-order chi connectivity index (χ1) is 14.2. The Morgan fingerprint density at radius 2 is 1.00 bits per heavy atom. The number of rotatable bonds is 6. The van der Waals surface area contributed by atoms with Crippen LogP contribution >= 0.6 is 0 Å². The van der Waals surface area contributed by atoms with Crippen LogP contribution in [0.4, 0.5) is 11.4 Å². The van der Waals surface area contributed by atoms with Gasteiger partial charge in [-0.1, -0.05) is 20.8 Å². The van der Waals surface area contributed by atoms with Gasteiger partial charge >= 0.3 is 0 Å². The number of benzene rings is 2. The first-order valence-corrected chi connectivity index (χ1v) is 12.5. The number of nitrogens with zero attached hydrogens (tertiary/aromatic N) is 1. The molecule has 0 bridgehead atoms. The van der Waals surface area contributed by atoms with Crippen LogP contribution in [0.5, 0.6) is 0 Å². The second-order valence-electron chi connectivity index (χ2n) is 6.98. The van der Waals surface area contributed by atoms with Gasteiger partial charge in [0.1, 0.15) is 9.79 Å². The molecule has 0 amide bonds. The minimum atomic E-state index is -4.69. The fourth-order valence-corrected chi connectivity index (χ4v) is 4.37. The van der Waals surface area contributed by atoms with Gasteiger partial charge in [-0.2, -0.15) is 16.8 Å². The summed E-state index contributed by atoms with van der Waals surface area (Å²) in [6.07, 6.45) is 0. The lowest BCUT2D eigenvalue weighted by molar-refractivity contribution is 0.321. The van der Waals surface area contributed by atoms with Crippen LogP contribution in [0.15, 0.2) is 34.1 Å². The molecule has 0 unspecified atom stereocenters. The third-order valence-electron chi connectivity index (χ3n) is 4.92. The van der Waals surface area contributed by atoms with Crippen molar-refractivity contribution in [2.24, 2.45) is 0 Å². The molecule has 0 aliphatic carbocycles. The van der Waals surface area contributed by atoms with Gasteiger partial charge < -0.3 is 16.4 Å². The highest BCUT2D eigenvalue weighted by Gasteiger charge is 2.25. The largest absolute Gasteiger partial charge is 0.398 e. The predicted molar refractivity (Wildman–Crippen MR) is 123 cm³/mol. The van der Waals surface area contributed by atoms with Crippen molar-refractivity contribution in [2.45, 2.75) is 44.4 Å². The maximum absolute atomic E-state index is 11.7. The molecule has 0 aromatic heterocycles. The van der Waals surface area contributed by atoms with Crippen molar-refractivity contribution in [3.8, 4) is 11.1 Å². The molecule has 0 radical (unpaired) electrons. The quantitative estimate of drug-likeness (QED) is 0.364. The van der Waals surface area contributed by atoms with Crippen molar-refractivity contribution in [2.75, 3.05) is 31.1 Å². The third-order valence-corrected chi connectivity index (χ3v) is 6.71. The summed E-state index contributed by atoms with van der Waals surface area (Å²) in [6.45, 7) is 13.3. The van der Waals surface area contributed by atoms with Gasteiger partial charge in [-0.05, 0) is 68.9 Å². The van der Waals surface area contributed by atoms with E-state index in [-0.39, 0.29) is 22.5 Å². The second kappa shape index (κ2) is 10.4. The van der Waals surface area contributed by atoms with Crippen LogP contribution in [-0.4, -0.2) is 50.5 Å². The van der Waals surface area contributed by atoms with E-state index in [2.05, 4.69) is 25.7 Å². The average Bonchev–Trinajstić information content (AvgIpc) is 2.65. The van der Waals surface area contributed by atoms with Gasteiger partial charge in [0.25, 0.3) is 20.2 Å². The number of anilines is 2. The molecule has 174 valence electrons. The van der Waals surface area contributed by atoms with Crippen molar-refractivity contribution in [1.82, 2.24) is 4.90 Å².